The summed E-state index contributed by atoms with van der Waals surface area (Å²) < 4.78 is 5.15. The second kappa shape index (κ2) is 13.7. The van der Waals surface area contributed by atoms with E-state index in [9.17, 15) is 9.59 Å². The van der Waals surface area contributed by atoms with Crippen molar-refractivity contribution >= 4 is 23.6 Å². The summed E-state index contributed by atoms with van der Waals surface area (Å²) in [5.41, 5.74) is 3.30. The Morgan fingerprint density at radius 2 is 1.74 bits per heavy atom. The molecule has 0 atom stereocenters. The van der Waals surface area contributed by atoms with E-state index in [4.69, 9.17) is 4.74 Å². The molecule has 0 radical (unpaired) electrons. The van der Waals surface area contributed by atoms with Gasteiger partial charge in [0.2, 0.25) is 5.91 Å². The van der Waals surface area contributed by atoms with Crippen molar-refractivity contribution in [3.05, 3.63) is 71.8 Å². The van der Waals surface area contributed by atoms with E-state index in [0.717, 1.165) is 63.0 Å². The maximum absolute atomic E-state index is 12.7. The molecule has 1 fully saturated rings. The van der Waals surface area contributed by atoms with Crippen LogP contribution in [0.5, 0.6) is 0 Å². The predicted octanol–water partition coefficient (Wildman–Crippen LogP) is 5.49. The van der Waals surface area contributed by atoms with Gasteiger partial charge in [-0.05, 0) is 55.0 Å². The van der Waals surface area contributed by atoms with Gasteiger partial charge in [0, 0.05) is 43.9 Å². The van der Waals surface area contributed by atoms with E-state index in [1.165, 1.54) is 11.6 Å². The molecule has 182 valence electrons. The molecule has 5 heteroatoms. The van der Waals surface area contributed by atoms with E-state index in [1.54, 1.807) is 6.08 Å². The molecule has 1 amide bonds. The predicted molar refractivity (Wildman–Crippen MR) is 139 cm³/mol. The smallest absolute Gasteiger partial charge is 0.330 e. The number of unbranched alkanes of at least 4 members (excludes halogenated alkanes) is 1. The molecule has 0 aliphatic carbocycles. The molecule has 1 heterocycles. The van der Waals surface area contributed by atoms with Crippen molar-refractivity contribution < 1.29 is 14.3 Å². The first-order chi connectivity index (χ1) is 16.6. The molecule has 0 unspecified atom stereocenters. The number of rotatable bonds is 11. The first kappa shape index (κ1) is 25.7. The van der Waals surface area contributed by atoms with Crippen molar-refractivity contribution in [2.24, 2.45) is 0 Å². The van der Waals surface area contributed by atoms with Gasteiger partial charge in [0.05, 0.1) is 6.61 Å². The number of likely N-dealkylation sites (tertiary alicyclic amines) is 1. The van der Waals surface area contributed by atoms with E-state index < -0.39 is 0 Å². The largest absolute Gasteiger partial charge is 0.463 e. The maximum atomic E-state index is 12.7. The van der Waals surface area contributed by atoms with Crippen molar-refractivity contribution in [2.45, 2.75) is 58.4 Å². The molecule has 1 saturated heterocycles. The quantitative estimate of drug-likeness (QED) is 0.252. The van der Waals surface area contributed by atoms with Crippen LogP contribution in [0, 0.1) is 0 Å². The molecule has 0 saturated carbocycles. The molecule has 0 bridgehead atoms. The first-order valence-electron chi connectivity index (χ1n) is 12.6. The van der Waals surface area contributed by atoms with Crippen LogP contribution < -0.4 is 4.90 Å². The molecular formula is C29H38N2O3. The van der Waals surface area contributed by atoms with Crippen LogP contribution in [0.1, 0.15) is 57.1 Å². The Labute approximate surface area is 204 Å². The minimum absolute atomic E-state index is 0.202. The monoisotopic (exact) mass is 462 g/mol. The van der Waals surface area contributed by atoms with Crippen LogP contribution in [-0.2, 0) is 20.7 Å². The number of carbonyl (C=O) groups is 2. The zero-order valence-corrected chi connectivity index (χ0v) is 20.6. The van der Waals surface area contributed by atoms with Crippen LogP contribution in [-0.4, -0.2) is 49.1 Å². The van der Waals surface area contributed by atoms with E-state index in [1.807, 2.05) is 54.3 Å². The highest BCUT2D eigenvalue weighted by Gasteiger charge is 2.28. The number of hydrogen-bond acceptors (Lipinski definition) is 4. The Kier molecular flexibility index (Phi) is 10.4. The van der Waals surface area contributed by atoms with Crippen LogP contribution in [0.2, 0.25) is 0 Å². The zero-order chi connectivity index (χ0) is 24.2. The van der Waals surface area contributed by atoms with Gasteiger partial charge in [-0.25, -0.2) is 4.79 Å². The van der Waals surface area contributed by atoms with E-state index in [2.05, 4.69) is 24.0 Å². The third-order valence-corrected chi connectivity index (χ3v) is 6.38. The number of benzene rings is 2. The summed E-state index contributed by atoms with van der Waals surface area (Å²) in [5, 5.41) is 0. The minimum Gasteiger partial charge on any atom is -0.463 e. The molecule has 5 nitrogen and oxygen atoms in total. The second-order valence-electron chi connectivity index (χ2n) is 8.87. The van der Waals surface area contributed by atoms with Gasteiger partial charge in [-0.1, -0.05) is 62.7 Å². The average Bonchev–Trinajstić information content (AvgIpc) is 2.88. The molecule has 2 aromatic carbocycles. The number of carbonyl (C=O) groups excluding carboxylic acids is 2. The van der Waals surface area contributed by atoms with Gasteiger partial charge in [-0.2, -0.15) is 0 Å². The number of amides is 1. The molecule has 0 spiro atoms. The van der Waals surface area contributed by atoms with E-state index in [0.29, 0.717) is 13.0 Å². The maximum Gasteiger partial charge on any atom is 0.330 e. The summed E-state index contributed by atoms with van der Waals surface area (Å²) in [4.78, 5) is 28.9. The summed E-state index contributed by atoms with van der Waals surface area (Å²) in [6.07, 6.45) is 8.73. The van der Waals surface area contributed by atoms with Crippen LogP contribution in [0.3, 0.4) is 0 Å². The third kappa shape index (κ3) is 7.84. The molecule has 0 aromatic heterocycles. The third-order valence-electron chi connectivity index (χ3n) is 6.38. The number of para-hydroxylation sites is 1. The van der Waals surface area contributed by atoms with Gasteiger partial charge in [-0.3, -0.25) is 4.79 Å². The van der Waals surface area contributed by atoms with Crippen LogP contribution in [0.15, 0.2) is 60.7 Å². The molecule has 1 aliphatic heterocycles. The number of hydrogen-bond donors (Lipinski definition) is 0. The fraction of sp³-hybridized carbons (Fsp3) is 0.448. The lowest BCUT2D eigenvalue weighted by atomic mass is 10.0. The lowest BCUT2D eigenvalue weighted by Crippen LogP contribution is -2.47. The molecule has 1 aliphatic rings. The Balaban J connectivity index is 1.45. The molecule has 3 rings (SSSR count). The SMILES string of the molecule is CCCCOC(=O)/C=C/c1ccc(CCN2CCC(N(C(=O)CC)c3ccccc3)CC2)cc1. The highest BCUT2D eigenvalue weighted by Crippen LogP contribution is 2.24. The highest BCUT2D eigenvalue weighted by atomic mass is 16.5. The van der Waals surface area contributed by atoms with Crippen LogP contribution in [0.4, 0.5) is 5.69 Å². The Morgan fingerprint density at radius 1 is 1.03 bits per heavy atom. The fourth-order valence-corrected chi connectivity index (χ4v) is 4.33. The van der Waals surface area contributed by atoms with E-state index >= 15 is 0 Å². The van der Waals surface area contributed by atoms with Crippen LogP contribution >= 0.6 is 0 Å². The molecule has 2 aromatic rings. The number of nitrogens with zero attached hydrogens (tertiary/aromatic N) is 2. The number of ether oxygens (including phenoxy) is 1. The van der Waals surface area contributed by atoms with Crippen molar-refractivity contribution in [2.75, 3.05) is 31.1 Å². The van der Waals surface area contributed by atoms with Gasteiger partial charge in [0.15, 0.2) is 0 Å². The van der Waals surface area contributed by atoms with Crippen molar-refractivity contribution in [1.29, 1.82) is 0 Å². The highest BCUT2D eigenvalue weighted by molar-refractivity contribution is 5.93. The van der Waals surface area contributed by atoms with Gasteiger partial charge >= 0.3 is 5.97 Å². The van der Waals surface area contributed by atoms with Gasteiger partial charge < -0.3 is 14.5 Å². The van der Waals surface area contributed by atoms with Gasteiger partial charge in [0.25, 0.3) is 0 Å². The summed E-state index contributed by atoms with van der Waals surface area (Å²) in [6.45, 7) is 7.52. The van der Waals surface area contributed by atoms with Crippen molar-refractivity contribution in [3.63, 3.8) is 0 Å². The van der Waals surface area contributed by atoms with E-state index in [-0.39, 0.29) is 17.9 Å². The fourth-order valence-electron chi connectivity index (χ4n) is 4.33. The average molecular weight is 463 g/mol. The number of esters is 1. The Morgan fingerprint density at radius 3 is 2.38 bits per heavy atom. The standard InChI is InChI=1S/C29H38N2O3/c1-3-5-23-34-29(33)16-15-24-11-13-25(14-12-24)17-20-30-21-18-27(19-22-30)31(28(32)4-2)26-9-7-6-8-10-26/h6-16,27H,3-5,17-23H2,1-2H3/b16-15+. The Bertz CT molecular complexity index is 916. The van der Waals surface area contributed by atoms with Crippen LogP contribution in [0.25, 0.3) is 6.08 Å². The molecular weight excluding hydrogens is 424 g/mol. The lowest BCUT2D eigenvalue weighted by molar-refractivity contribution is -0.137. The number of anilines is 1. The van der Waals surface area contributed by atoms with Gasteiger partial charge in [-0.15, -0.1) is 0 Å². The normalized spacial score (nSPS) is 14.9. The molecule has 0 N–H and O–H groups in total. The zero-order valence-electron chi connectivity index (χ0n) is 20.6. The van der Waals surface area contributed by atoms with Crippen molar-refractivity contribution in [3.8, 4) is 0 Å². The summed E-state index contributed by atoms with van der Waals surface area (Å²) >= 11 is 0. The summed E-state index contributed by atoms with van der Waals surface area (Å²) in [7, 11) is 0. The summed E-state index contributed by atoms with van der Waals surface area (Å²) in [6, 6.07) is 18.7. The minimum atomic E-state index is -0.285. The second-order valence-corrected chi connectivity index (χ2v) is 8.87. The summed E-state index contributed by atoms with van der Waals surface area (Å²) in [5.74, 6) is -0.0830. The lowest BCUT2D eigenvalue weighted by Gasteiger charge is -2.38. The van der Waals surface area contributed by atoms with Crippen molar-refractivity contribution in [1.82, 2.24) is 4.90 Å². The number of piperidine rings is 1. The Hall–Kier alpha value is -2.92. The molecule has 34 heavy (non-hydrogen) atoms. The topological polar surface area (TPSA) is 49.9 Å². The first-order valence-corrected chi connectivity index (χ1v) is 12.6. The van der Waals surface area contributed by atoms with Gasteiger partial charge in [0.1, 0.15) is 0 Å².